The van der Waals surface area contributed by atoms with Crippen molar-refractivity contribution in [3.05, 3.63) is 11.8 Å². The molecule has 5 nitrogen and oxygen atoms in total. The molecule has 0 aliphatic carbocycles. The van der Waals surface area contributed by atoms with Gasteiger partial charge in [0.15, 0.2) is 0 Å². The smallest absolute Gasteiger partial charge is 0.229 e. The number of hydrogen-bond donors (Lipinski definition) is 2. The highest BCUT2D eigenvalue weighted by Gasteiger charge is 2.20. The van der Waals surface area contributed by atoms with Crippen LogP contribution in [0.25, 0.3) is 11.0 Å². The van der Waals surface area contributed by atoms with Gasteiger partial charge in [0.1, 0.15) is 11.5 Å². The second kappa shape index (κ2) is 4.65. The normalized spacial score (nSPS) is 16.1. The van der Waals surface area contributed by atoms with Gasteiger partial charge < -0.3 is 15.2 Å². The van der Waals surface area contributed by atoms with Crippen LogP contribution in [0.2, 0.25) is 0 Å². The molecule has 2 aromatic rings. The first-order valence-corrected chi connectivity index (χ1v) is 7.33. The van der Waals surface area contributed by atoms with Gasteiger partial charge in [-0.1, -0.05) is 0 Å². The van der Waals surface area contributed by atoms with Crippen LogP contribution in [-0.2, 0) is 0 Å². The van der Waals surface area contributed by atoms with Crippen molar-refractivity contribution in [2.45, 2.75) is 46.1 Å². The van der Waals surface area contributed by atoms with Crippen LogP contribution in [0.15, 0.2) is 6.07 Å². The number of rotatable bonds is 2. The lowest BCUT2D eigenvalue weighted by Crippen LogP contribution is -2.28. The van der Waals surface area contributed by atoms with Crippen molar-refractivity contribution < 1.29 is 0 Å². The number of aromatic nitrogens is 3. The van der Waals surface area contributed by atoms with Crippen molar-refractivity contribution in [2.75, 3.05) is 23.3 Å². The molecule has 108 valence electrons. The van der Waals surface area contributed by atoms with E-state index < -0.39 is 0 Å². The number of nitrogens with zero attached hydrogens (tertiary/aromatic N) is 3. The average molecular weight is 273 g/mol. The van der Waals surface area contributed by atoms with Crippen molar-refractivity contribution in [2.24, 2.45) is 0 Å². The van der Waals surface area contributed by atoms with Crippen molar-refractivity contribution in [3.8, 4) is 0 Å². The Morgan fingerprint density at radius 2 is 1.90 bits per heavy atom. The van der Waals surface area contributed by atoms with Gasteiger partial charge in [0.2, 0.25) is 5.95 Å². The maximum Gasteiger partial charge on any atom is 0.229 e. The summed E-state index contributed by atoms with van der Waals surface area (Å²) in [5.41, 5.74) is 2.02. The lowest BCUT2D eigenvalue weighted by molar-refractivity contribution is 0.631. The van der Waals surface area contributed by atoms with Crippen LogP contribution in [0, 0.1) is 6.92 Å². The van der Waals surface area contributed by atoms with Crippen molar-refractivity contribution in [1.29, 1.82) is 0 Å². The molecule has 0 bridgehead atoms. The third kappa shape index (κ3) is 2.57. The van der Waals surface area contributed by atoms with Gasteiger partial charge in [0.05, 0.1) is 5.39 Å². The Bertz CT molecular complexity index is 617. The number of aryl methyl sites for hydroxylation is 1. The van der Waals surface area contributed by atoms with Gasteiger partial charge in [-0.25, -0.2) is 0 Å². The zero-order chi connectivity index (χ0) is 14.3. The van der Waals surface area contributed by atoms with Gasteiger partial charge in [0.25, 0.3) is 0 Å². The summed E-state index contributed by atoms with van der Waals surface area (Å²) in [5.74, 6) is 1.76. The van der Waals surface area contributed by atoms with E-state index in [0.717, 1.165) is 41.6 Å². The summed E-state index contributed by atoms with van der Waals surface area (Å²) in [6.45, 7) is 10.6. The average Bonchev–Trinajstić information content (AvgIpc) is 2.94. The first-order valence-electron chi connectivity index (χ1n) is 7.33. The summed E-state index contributed by atoms with van der Waals surface area (Å²) < 4.78 is 0. The molecule has 2 N–H and O–H groups in total. The molecule has 0 saturated carbocycles. The Morgan fingerprint density at radius 1 is 1.20 bits per heavy atom. The van der Waals surface area contributed by atoms with Gasteiger partial charge in [-0.3, -0.25) is 0 Å². The van der Waals surface area contributed by atoms with Crippen molar-refractivity contribution in [1.82, 2.24) is 15.0 Å². The standard InChI is InChI=1S/C15H23N5/c1-10-9-11-12(16-10)17-14(20-7-5-6-8-20)18-13(11)19-15(2,3)4/h9H,5-8H2,1-4H3,(H2,16,17,18,19). The molecular formula is C15H23N5. The Kier molecular flexibility index (Phi) is 3.07. The lowest BCUT2D eigenvalue weighted by atomic mass is 10.1. The predicted molar refractivity (Wildman–Crippen MR) is 83.4 cm³/mol. The maximum absolute atomic E-state index is 4.77. The number of hydrogen-bond acceptors (Lipinski definition) is 4. The van der Waals surface area contributed by atoms with E-state index in [1.54, 1.807) is 0 Å². The Balaban J connectivity index is 2.09. The van der Waals surface area contributed by atoms with E-state index in [9.17, 15) is 0 Å². The molecule has 1 saturated heterocycles. The van der Waals surface area contributed by atoms with Crippen LogP contribution in [0.3, 0.4) is 0 Å². The summed E-state index contributed by atoms with van der Waals surface area (Å²) in [7, 11) is 0. The van der Waals surface area contributed by atoms with Gasteiger partial charge >= 0.3 is 0 Å². The molecular weight excluding hydrogens is 250 g/mol. The minimum Gasteiger partial charge on any atom is -0.365 e. The zero-order valence-electron chi connectivity index (χ0n) is 12.7. The molecule has 2 aromatic heterocycles. The van der Waals surface area contributed by atoms with Crippen LogP contribution in [0.4, 0.5) is 11.8 Å². The Morgan fingerprint density at radius 3 is 2.55 bits per heavy atom. The summed E-state index contributed by atoms with van der Waals surface area (Å²) in [4.78, 5) is 15.1. The minimum atomic E-state index is -0.0191. The fourth-order valence-corrected chi connectivity index (χ4v) is 2.64. The third-order valence-corrected chi connectivity index (χ3v) is 3.49. The number of nitrogens with one attached hydrogen (secondary N) is 2. The fraction of sp³-hybridized carbons (Fsp3) is 0.600. The molecule has 20 heavy (non-hydrogen) atoms. The largest absolute Gasteiger partial charge is 0.365 e. The van der Waals surface area contributed by atoms with Crippen LogP contribution >= 0.6 is 0 Å². The fourth-order valence-electron chi connectivity index (χ4n) is 2.64. The first-order chi connectivity index (χ1) is 9.42. The zero-order valence-corrected chi connectivity index (χ0v) is 12.7. The SMILES string of the molecule is Cc1cc2c(NC(C)(C)C)nc(N3CCCC3)nc2[nH]1. The molecule has 0 radical (unpaired) electrons. The van der Waals surface area contributed by atoms with E-state index in [0.29, 0.717) is 0 Å². The molecule has 3 heterocycles. The third-order valence-electron chi connectivity index (χ3n) is 3.49. The lowest BCUT2D eigenvalue weighted by Gasteiger charge is -2.23. The van der Waals surface area contributed by atoms with Crippen molar-refractivity contribution in [3.63, 3.8) is 0 Å². The molecule has 3 rings (SSSR count). The molecule has 1 fully saturated rings. The number of aromatic amines is 1. The topological polar surface area (TPSA) is 56.8 Å². The predicted octanol–water partition coefficient (Wildman–Crippen LogP) is 3.08. The van der Waals surface area contributed by atoms with Gasteiger partial charge in [-0.2, -0.15) is 9.97 Å². The Hall–Kier alpha value is -1.78. The maximum atomic E-state index is 4.77. The van der Waals surface area contributed by atoms with E-state index in [-0.39, 0.29) is 5.54 Å². The van der Waals surface area contributed by atoms with Crippen molar-refractivity contribution >= 4 is 22.8 Å². The molecule has 5 heteroatoms. The van der Waals surface area contributed by atoms with Gasteiger partial charge in [-0.15, -0.1) is 0 Å². The molecule has 0 atom stereocenters. The highest BCUT2D eigenvalue weighted by atomic mass is 15.3. The van der Waals surface area contributed by atoms with E-state index >= 15 is 0 Å². The number of H-pyrrole nitrogens is 1. The molecule has 0 unspecified atom stereocenters. The monoisotopic (exact) mass is 273 g/mol. The van der Waals surface area contributed by atoms with Gasteiger partial charge in [-0.05, 0) is 46.6 Å². The van der Waals surface area contributed by atoms with Crippen LogP contribution in [0.5, 0.6) is 0 Å². The van der Waals surface area contributed by atoms with Crippen LogP contribution in [-0.4, -0.2) is 33.6 Å². The van der Waals surface area contributed by atoms with Crippen LogP contribution in [0.1, 0.15) is 39.3 Å². The quantitative estimate of drug-likeness (QED) is 0.883. The van der Waals surface area contributed by atoms with E-state index in [4.69, 9.17) is 4.98 Å². The summed E-state index contributed by atoms with van der Waals surface area (Å²) in [6.07, 6.45) is 2.46. The molecule has 0 aromatic carbocycles. The first kappa shape index (κ1) is 13.2. The van der Waals surface area contributed by atoms with E-state index in [1.165, 1.54) is 12.8 Å². The highest BCUT2D eigenvalue weighted by molar-refractivity contribution is 5.89. The molecule has 0 spiro atoms. The molecule has 1 aliphatic rings. The van der Waals surface area contributed by atoms with E-state index in [2.05, 4.69) is 53.9 Å². The van der Waals surface area contributed by atoms with Crippen LogP contribution < -0.4 is 10.2 Å². The molecule has 1 aliphatic heterocycles. The second-order valence-corrected chi connectivity index (χ2v) is 6.66. The summed E-state index contributed by atoms with van der Waals surface area (Å²) >= 11 is 0. The summed E-state index contributed by atoms with van der Waals surface area (Å²) in [5, 5.41) is 4.57. The second-order valence-electron chi connectivity index (χ2n) is 6.66. The number of fused-ring (bicyclic) bond motifs is 1. The molecule has 0 amide bonds. The Labute approximate surface area is 119 Å². The van der Waals surface area contributed by atoms with Gasteiger partial charge in [0, 0.05) is 24.3 Å². The highest BCUT2D eigenvalue weighted by Crippen LogP contribution is 2.27. The number of anilines is 2. The summed E-state index contributed by atoms with van der Waals surface area (Å²) in [6, 6.07) is 2.11. The van der Waals surface area contributed by atoms with E-state index in [1.807, 2.05) is 0 Å². The minimum absolute atomic E-state index is 0.0191.